The van der Waals surface area contributed by atoms with Gasteiger partial charge in [0.15, 0.2) is 0 Å². The molecule has 0 bridgehead atoms. The van der Waals surface area contributed by atoms with Crippen LogP contribution in [0.1, 0.15) is 16.5 Å². The first-order chi connectivity index (χ1) is 8.97. The molecule has 0 saturated carbocycles. The van der Waals surface area contributed by atoms with E-state index in [9.17, 15) is 8.78 Å². The summed E-state index contributed by atoms with van der Waals surface area (Å²) in [7, 11) is 0. The summed E-state index contributed by atoms with van der Waals surface area (Å²) >= 11 is 14.9. The van der Waals surface area contributed by atoms with Gasteiger partial charge in [0, 0.05) is 10.6 Å². The van der Waals surface area contributed by atoms with Crippen molar-refractivity contribution in [3.63, 3.8) is 0 Å². The lowest BCUT2D eigenvalue weighted by atomic mass is 10.0. The Morgan fingerprint density at radius 1 is 1.05 bits per heavy atom. The van der Waals surface area contributed by atoms with Crippen molar-refractivity contribution >= 4 is 39.1 Å². The summed E-state index contributed by atoms with van der Waals surface area (Å²) in [6, 6.07) is 9.29. The van der Waals surface area contributed by atoms with Crippen molar-refractivity contribution in [2.24, 2.45) is 0 Å². The van der Waals surface area contributed by atoms with Crippen LogP contribution in [0.15, 0.2) is 40.9 Å². The minimum atomic E-state index is -0.635. The molecule has 0 N–H and O–H groups in total. The molecule has 0 nitrogen and oxygen atoms in total. The second kappa shape index (κ2) is 6.21. The molecule has 100 valence electrons. The first-order valence-electron chi connectivity index (χ1n) is 5.50. The summed E-state index contributed by atoms with van der Waals surface area (Å²) < 4.78 is 27.3. The lowest BCUT2D eigenvalue weighted by molar-refractivity contribution is 0.577. The summed E-state index contributed by atoms with van der Waals surface area (Å²) in [6.07, 6.45) is 0.400. The fraction of sp³-hybridized carbons (Fsp3) is 0.143. The van der Waals surface area contributed by atoms with E-state index in [4.69, 9.17) is 23.2 Å². The van der Waals surface area contributed by atoms with Gasteiger partial charge >= 0.3 is 0 Å². The molecule has 0 spiro atoms. The fourth-order valence-corrected chi connectivity index (χ4v) is 2.50. The molecular weight excluding hydrogens is 357 g/mol. The maximum absolute atomic E-state index is 13.7. The standard InChI is InChI=1S/C14H9BrCl2F2/c15-11-7-13(18)10(6-14(11)19)12(17)5-8-1-3-9(16)4-2-8/h1-4,6-7,12H,5H2. The van der Waals surface area contributed by atoms with Gasteiger partial charge in [0.05, 0.1) is 9.85 Å². The van der Waals surface area contributed by atoms with E-state index in [1.807, 2.05) is 12.1 Å². The topological polar surface area (TPSA) is 0 Å². The molecule has 0 aliphatic carbocycles. The van der Waals surface area contributed by atoms with Crippen molar-refractivity contribution in [3.05, 3.63) is 68.7 Å². The largest absolute Gasteiger partial charge is 0.207 e. The van der Waals surface area contributed by atoms with Crippen LogP contribution in [-0.2, 0) is 6.42 Å². The normalized spacial score (nSPS) is 12.5. The van der Waals surface area contributed by atoms with E-state index in [0.717, 1.165) is 17.7 Å². The molecule has 1 atom stereocenters. The smallest absolute Gasteiger partial charge is 0.137 e. The van der Waals surface area contributed by atoms with Crippen LogP contribution < -0.4 is 0 Å². The molecule has 0 aliphatic heterocycles. The zero-order valence-electron chi connectivity index (χ0n) is 9.64. The minimum absolute atomic E-state index is 0.0871. The van der Waals surface area contributed by atoms with E-state index in [1.165, 1.54) is 0 Å². The van der Waals surface area contributed by atoms with E-state index in [-0.39, 0.29) is 10.0 Å². The Bertz CT molecular complexity index is 585. The average Bonchev–Trinajstić information content (AvgIpc) is 2.36. The van der Waals surface area contributed by atoms with Crippen molar-refractivity contribution in [2.45, 2.75) is 11.8 Å². The molecule has 1 unspecified atom stereocenters. The maximum Gasteiger partial charge on any atom is 0.137 e. The molecule has 0 aliphatic rings. The van der Waals surface area contributed by atoms with Crippen molar-refractivity contribution in [1.82, 2.24) is 0 Å². The lowest BCUT2D eigenvalue weighted by Gasteiger charge is -2.12. The number of halogens is 5. The molecule has 2 aromatic rings. The molecular formula is C14H9BrCl2F2. The summed E-state index contributed by atoms with van der Waals surface area (Å²) in [5, 5.41) is -0.0143. The number of alkyl halides is 1. The van der Waals surface area contributed by atoms with Gasteiger partial charge in [0.25, 0.3) is 0 Å². The van der Waals surface area contributed by atoms with E-state index in [2.05, 4.69) is 15.9 Å². The predicted molar refractivity (Wildman–Crippen MR) is 77.8 cm³/mol. The van der Waals surface area contributed by atoms with Crippen molar-refractivity contribution in [1.29, 1.82) is 0 Å². The van der Waals surface area contributed by atoms with Crippen LogP contribution in [0.2, 0.25) is 5.02 Å². The predicted octanol–water partition coefficient (Wildman–Crippen LogP) is 5.90. The zero-order chi connectivity index (χ0) is 14.0. The van der Waals surface area contributed by atoms with Crippen molar-refractivity contribution in [2.75, 3.05) is 0 Å². The second-order valence-electron chi connectivity index (χ2n) is 4.09. The van der Waals surface area contributed by atoms with Crippen LogP contribution in [0.25, 0.3) is 0 Å². The van der Waals surface area contributed by atoms with E-state index in [0.29, 0.717) is 11.4 Å². The Balaban J connectivity index is 2.22. The Morgan fingerprint density at radius 2 is 1.68 bits per heavy atom. The summed E-state index contributed by atoms with van der Waals surface area (Å²) in [5.41, 5.74) is 1.06. The molecule has 0 saturated heterocycles. The van der Waals surface area contributed by atoms with Crippen LogP contribution in [0.3, 0.4) is 0 Å². The van der Waals surface area contributed by atoms with Gasteiger partial charge in [0.2, 0.25) is 0 Å². The summed E-state index contributed by atoms with van der Waals surface area (Å²) in [4.78, 5) is 0. The zero-order valence-corrected chi connectivity index (χ0v) is 12.7. The Hall–Kier alpha value is -0.640. The molecule has 0 aromatic heterocycles. The van der Waals surface area contributed by atoms with E-state index < -0.39 is 17.0 Å². The monoisotopic (exact) mass is 364 g/mol. The SMILES string of the molecule is Fc1cc(C(Cl)Cc2ccc(Cl)cc2)c(F)cc1Br. The molecule has 2 rings (SSSR count). The van der Waals surface area contributed by atoms with E-state index in [1.54, 1.807) is 12.1 Å². The Kier molecular flexibility index (Phi) is 4.82. The van der Waals surface area contributed by atoms with Gasteiger partial charge in [-0.15, -0.1) is 11.6 Å². The summed E-state index contributed by atoms with van der Waals surface area (Å²) in [6.45, 7) is 0. The second-order valence-corrected chi connectivity index (χ2v) is 5.90. The first kappa shape index (κ1) is 14.8. The average molecular weight is 366 g/mol. The number of benzene rings is 2. The van der Waals surface area contributed by atoms with Gasteiger partial charge in [-0.25, -0.2) is 8.78 Å². The lowest BCUT2D eigenvalue weighted by Crippen LogP contribution is -2.00. The first-order valence-corrected chi connectivity index (χ1v) is 7.11. The Morgan fingerprint density at radius 3 is 2.32 bits per heavy atom. The van der Waals surface area contributed by atoms with Gasteiger partial charge in [-0.2, -0.15) is 0 Å². The van der Waals surface area contributed by atoms with Gasteiger partial charge < -0.3 is 0 Å². The minimum Gasteiger partial charge on any atom is -0.207 e. The van der Waals surface area contributed by atoms with Crippen LogP contribution in [0.4, 0.5) is 8.78 Å². The van der Waals surface area contributed by atoms with Crippen LogP contribution >= 0.6 is 39.1 Å². The highest BCUT2D eigenvalue weighted by molar-refractivity contribution is 9.10. The highest BCUT2D eigenvalue weighted by Gasteiger charge is 2.16. The Labute approximate surface area is 128 Å². The van der Waals surface area contributed by atoms with Crippen LogP contribution in [-0.4, -0.2) is 0 Å². The summed E-state index contributed by atoms with van der Waals surface area (Å²) in [5.74, 6) is -1.06. The van der Waals surface area contributed by atoms with Crippen LogP contribution in [0.5, 0.6) is 0 Å². The highest BCUT2D eigenvalue weighted by Crippen LogP contribution is 2.30. The van der Waals surface area contributed by atoms with Crippen molar-refractivity contribution < 1.29 is 8.78 Å². The fourth-order valence-electron chi connectivity index (χ4n) is 1.72. The molecule has 5 heteroatoms. The number of rotatable bonds is 3. The third kappa shape index (κ3) is 3.68. The van der Waals surface area contributed by atoms with Crippen molar-refractivity contribution in [3.8, 4) is 0 Å². The molecule has 0 radical (unpaired) electrons. The van der Waals surface area contributed by atoms with E-state index >= 15 is 0 Å². The van der Waals surface area contributed by atoms with Crippen LogP contribution in [0, 0.1) is 11.6 Å². The van der Waals surface area contributed by atoms with Gasteiger partial charge in [0.1, 0.15) is 11.6 Å². The molecule has 2 aromatic carbocycles. The molecule has 19 heavy (non-hydrogen) atoms. The van der Waals surface area contributed by atoms with Gasteiger partial charge in [-0.05, 0) is 52.2 Å². The third-order valence-corrected chi connectivity index (χ3v) is 3.95. The molecule has 0 fully saturated rings. The maximum atomic E-state index is 13.7. The van der Waals surface area contributed by atoms with Gasteiger partial charge in [-0.1, -0.05) is 23.7 Å². The molecule has 0 amide bonds. The number of hydrogen-bond donors (Lipinski definition) is 0. The highest BCUT2D eigenvalue weighted by atomic mass is 79.9. The number of hydrogen-bond acceptors (Lipinski definition) is 0. The third-order valence-electron chi connectivity index (χ3n) is 2.71. The quantitative estimate of drug-likeness (QED) is 0.469. The molecule has 0 heterocycles. The van der Waals surface area contributed by atoms with Gasteiger partial charge in [-0.3, -0.25) is 0 Å².